The van der Waals surface area contributed by atoms with Gasteiger partial charge in [0.15, 0.2) is 4.96 Å². The van der Waals surface area contributed by atoms with Crippen LogP contribution in [0.25, 0.3) is 4.96 Å². The number of rotatable bonds is 5. The van der Waals surface area contributed by atoms with E-state index >= 15 is 0 Å². The third-order valence-electron chi connectivity index (χ3n) is 3.40. The van der Waals surface area contributed by atoms with Crippen molar-refractivity contribution in [3.05, 3.63) is 40.5 Å². The van der Waals surface area contributed by atoms with Gasteiger partial charge in [-0.2, -0.15) is 0 Å². The molecule has 7 heteroatoms. The third-order valence-corrected chi connectivity index (χ3v) is 4.17. The van der Waals surface area contributed by atoms with Gasteiger partial charge in [-0.3, -0.25) is 9.20 Å². The summed E-state index contributed by atoms with van der Waals surface area (Å²) in [6, 6.07) is 0. The number of nitrogens with zero attached hydrogens (tertiary/aromatic N) is 3. The Balaban J connectivity index is 1.51. The molecular formula is C14H16N4O2S. The molecule has 3 heterocycles. The van der Waals surface area contributed by atoms with Crippen LogP contribution in [-0.4, -0.2) is 27.0 Å². The highest BCUT2D eigenvalue weighted by molar-refractivity contribution is 7.15. The highest BCUT2D eigenvalue weighted by Gasteiger charge is 2.12. The van der Waals surface area contributed by atoms with Crippen molar-refractivity contribution in [3.8, 4) is 0 Å². The second-order valence-corrected chi connectivity index (χ2v) is 5.75. The lowest BCUT2D eigenvalue weighted by Gasteiger charge is -2.03. The van der Waals surface area contributed by atoms with Gasteiger partial charge in [0, 0.05) is 29.9 Å². The van der Waals surface area contributed by atoms with E-state index in [2.05, 4.69) is 15.5 Å². The van der Waals surface area contributed by atoms with E-state index in [1.165, 1.54) is 11.3 Å². The van der Waals surface area contributed by atoms with Crippen LogP contribution in [0.15, 0.2) is 22.3 Å². The molecule has 0 saturated heterocycles. The average molecular weight is 304 g/mol. The lowest BCUT2D eigenvalue weighted by Crippen LogP contribution is -2.25. The molecular weight excluding hydrogens is 288 g/mol. The summed E-state index contributed by atoms with van der Waals surface area (Å²) >= 11 is 1.51. The molecule has 0 bridgehead atoms. The van der Waals surface area contributed by atoms with Crippen LogP contribution in [0.3, 0.4) is 0 Å². The van der Waals surface area contributed by atoms with Crippen LogP contribution in [0.2, 0.25) is 0 Å². The fraction of sp³-hybridized carbons (Fsp3) is 0.357. The fourth-order valence-electron chi connectivity index (χ4n) is 2.25. The highest BCUT2D eigenvalue weighted by atomic mass is 32.1. The summed E-state index contributed by atoms with van der Waals surface area (Å²) in [4.78, 5) is 17.1. The molecule has 3 aromatic heterocycles. The summed E-state index contributed by atoms with van der Waals surface area (Å²) in [5.41, 5.74) is 2.51. The van der Waals surface area contributed by atoms with Gasteiger partial charge < -0.3 is 9.84 Å². The molecule has 0 aliphatic rings. The van der Waals surface area contributed by atoms with E-state index in [4.69, 9.17) is 4.52 Å². The minimum absolute atomic E-state index is 0.135. The summed E-state index contributed by atoms with van der Waals surface area (Å²) in [5, 5.41) is 8.75. The first-order valence-electron chi connectivity index (χ1n) is 6.77. The Kier molecular flexibility index (Phi) is 3.74. The monoisotopic (exact) mass is 304 g/mol. The zero-order valence-electron chi connectivity index (χ0n) is 11.9. The molecule has 110 valence electrons. The Bertz CT molecular complexity index is 723. The summed E-state index contributed by atoms with van der Waals surface area (Å²) in [7, 11) is 0. The van der Waals surface area contributed by atoms with Gasteiger partial charge in [0.2, 0.25) is 0 Å². The number of hydrogen-bond acceptors (Lipinski definition) is 5. The molecule has 0 aliphatic heterocycles. The number of hydrogen-bond donors (Lipinski definition) is 1. The van der Waals surface area contributed by atoms with Gasteiger partial charge in [0.05, 0.1) is 5.69 Å². The number of aryl methyl sites for hydroxylation is 2. The predicted octanol–water partition coefficient (Wildman–Crippen LogP) is 2.36. The first-order chi connectivity index (χ1) is 10.1. The SMILES string of the molecule is Cc1noc(C)c1CCCNC(=O)c1cn2ccsc2n1. The van der Waals surface area contributed by atoms with Crippen molar-refractivity contribution in [3.63, 3.8) is 0 Å². The maximum Gasteiger partial charge on any atom is 0.271 e. The van der Waals surface area contributed by atoms with Crippen LogP contribution in [0.1, 0.15) is 33.9 Å². The zero-order chi connectivity index (χ0) is 14.8. The van der Waals surface area contributed by atoms with Crippen LogP contribution < -0.4 is 5.32 Å². The molecule has 21 heavy (non-hydrogen) atoms. The van der Waals surface area contributed by atoms with E-state index in [-0.39, 0.29) is 5.91 Å². The number of aromatic nitrogens is 3. The number of fused-ring (bicyclic) bond motifs is 1. The van der Waals surface area contributed by atoms with Crippen molar-refractivity contribution in [1.82, 2.24) is 19.9 Å². The van der Waals surface area contributed by atoms with Gasteiger partial charge in [-0.1, -0.05) is 5.16 Å². The molecule has 0 atom stereocenters. The highest BCUT2D eigenvalue weighted by Crippen LogP contribution is 2.14. The molecule has 0 unspecified atom stereocenters. The second kappa shape index (κ2) is 5.69. The van der Waals surface area contributed by atoms with Crippen molar-refractivity contribution in [2.45, 2.75) is 26.7 Å². The number of amides is 1. The first-order valence-corrected chi connectivity index (χ1v) is 7.65. The van der Waals surface area contributed by atoms with E-state index in [1.807, 2.05) is 29.8 Å². The lowest BCUT2D eigenvalue weighted by atomic mass is 10.1. The predicted molar refractivity (Wildman–Crippen MR) is 79.7 cm³/mol. The van der Waals surface area contributed by atoms with Crippen LogP contribution in [0.4, 0.5) is 0 Å². The molecule has 0 aromatic carbocycles. The standard InChI is InChI=1S/C14H16N4O2S/c1-9-11(10(2)20-17-9)4-3-5-15-13(19)12-8-18-6-7-21-14(18)16-12/h6-8H,3-5H2,1-2H3,(H,15,19). The number of carbonyl (C=O) groups is 1. The van der Waals surface area contributed by atoms with Crippen LogP contribution in [0.5, 0.6) is 0 Å². The van der Waals surface area contributed by atoms with Gasteiger partial charge in [0.25, 0.3) is 5.91 Å². The van der Waals surface area contributed by atoms with Gasteiger partial charge >= 0.3 is 0 Å². The summed E-state index contributed by atoms with van der Waals surface area (Å²) in [5.74, 6) is 0.720. The Hall–Kier alpha value is -2.15. The molecule has 0 aliphatic carbocycles. The van der Waals surface area contributed by atoms with Crippen molar-refractivity contribution < 1.29 is 9.32 Å². The maximum absolute atomic E-state index is 12.0. The van der Waals surface area contributed by atoms with Gasteiger partial charge in [-0.05, 0) is 26.7 Å². The second-order valence-electron chi connectivity index (χ2n) is 4.88. The number of imidazole rings is 1. The Labute approximate surface area is 125 Å². The number of carbonyl (C=O) groups excluding carboxylic acids is 1. The molecule has 1 N–H and O–H groups in total. The summed E-state index contributed by atoms with van der Waals surface area (Å²) in [6.07, 6.45) is 5.33. The van der Waals surface area contributed by atoms with E-state index < -0.39 is 0 Å². The Morgan fingerprint density at radius 3 is 3.05 bits per heavy atom. The maximum atomic E-state index is 12.0. The van der Waals surface area contributed by atoms with Gasteiger partial charge in [-0.15, -0.1) is 11.3 Å². The van der Waals surface area contributed by atoms with Crippen LogP contribution >= 0.6 is 11.3 Å². The van der Waals surface area contributed by atoms with Crippen molar-refractivity contribution in [2.75, 3.05) is 6.54 Å². The van der Waals surface area contributed by atoms with Crippen molar-refractivity contribution in [2.24, 2.45) is 0 Å². The van der Waals surface area contributed by atoms with Crippen LogP contribution in [0, 0.1) is 13.8 Å². The van der Waals surface area contributed by atoms with E-state index in [0.717, 1.165) is 34.8 Å². The molecule has 1 amide bonds. The molecule has 0 fully saturated rings. The van der Waals surface area contributed by atoms with E-state index in [9.17, 15) is 4.79 Å². The summed E-state index contributed by atoms with van der Waals surface area (Å²) < 4.78 is 6.97. The Morgan fingerprint density at radius 2 is 2.33 bits per heavy atom. The molecule has 6 nitrogen and oxygen atoms in total. The van der Waals surface area contributed by atoms with Crippen molar-refractivity contribution in [1.29, 1.82) is 0 Å². The minimum atomic E-state index is -0.135. The van der Waals surface area contributed by atoms with Gasteiger partial charge in [-0.25, -0.2) is 4.98 Å². The minimum Gasteiger partial charge on any atom is -0.361 e. The normalized spacial score (nSPS) is 11.1. The van der Waals surface area contributed by atoms with Crippen molar-refractivity contribution >= 4 is 22.2 Å². The van der Waals surface area contributed by atoms with Gasteiger partial charge in [0.1, 0.15) is 11.5 Å². The lowest BCUT2D eigenvalue weighted by molar-refractivity contribution is 0.0949. The summed E-state index contributed by atoms with van der Waals surface area (Å²) in [6.45, 7) is 4.45. The van der Waals surface area contributed by atoms with Crippen LogP contribution in [-0.2, 0) is 6.42 Å². The smallest absolute Gasteiger partial charge is 0.271 e. The molecule has 0 radical (unpaired) electrons. The third kappa shape index (κ3) is 2.82. The molecule has 0 saturated carbocycles. The molecule has 0 spiro atoms. The topological polar surface area (TPSA) is 72.4 Å². The molecule has 3 rings (SSSR count). The quantitative estimate of drug-likeness (QED) is 0.734. The Morgan fingerprint density at radius 1 is 1.48 bits per heavy atom. The molecule has 3 aromatic rings. The zero-order valence-corrected chi connectivity index (χ0v) is 12.7. The van der Waals surface area contributed by atoms with E-state index in [0.29, 0.717) is 12.2 Å². The first kappa shape index (κ1) is 13.8. The number of thiazole rings is 1. The number of nitrogens with one attached hydrogen (secondary N) is 1. The van der Waals surface area contributed by atoms with E-state index in [1.54, 1.807) is 6.20 Å². The largest absolute Gasteiger partial charge is 0.361 e. The average Bonchev–Trinajstić information content (AvgIpc) is 3.11. The fourth-order valence-corrected chi connectivity index (χ4v) is 2.95.